The molecule has 1 heterocycles. The largest absolute Gasteiger partial charge is 0.495 e. The Morgan fingerprint density at radius 3 is 2.52 bits per heavy atom. The molecule has 1 aliphatic heterocycles. The van der Waals surface area contributed by atoms with Crippen LogP contribution in [-0.2, 0) is 0 Å². The quantitative estimate of drug-likeness (QED) is 0.658. The highest BCUT2D eigenvalue weighted by molar-refractivity contribution is 6.32. The number of fused-ring (bicyclic) bond motifs is 1. The Hall–Kier alpha value is -2.98. The molecule has 4 rings (SSSR count). The number of nitrogens with one attached hydrogen (secondary N) is 1. The number of ether oxygens (including phenoxy) is 1. The van der Waals surface area contributed by atoms with Gasteiger partial charge in [-0.1, -0.05) is 48.0 Å². The average molecular weight is 379 g/mol. The van der Waals surface area contributed by atoms with Gasteiger partial charge in [0.1, 0.15) is 11.9 Å². The molecule has 0 spiro atoms. The third-order valence-corrected chi connectivity index (χ3v) is 5.09. The van der Waals surface area contributed by atoms with E-state index in [9.17, 15) is 4.79 Å². The van der Waals surface area contributed by atoms with Crippen molar-refractivity contribution in [1.82, 2.24) is 0 Å². The molecule has 3 aromatic rings. The van der Waals surface area contributed by atoms with E-state index in [1.165, 1.54) is 0 Å². The third-order valence-electron chi connectivity index (χ3n) is 4.79. The summed E-state index contributed by atoms with van der Waals surface area (Å²) in [6.07, 6.45) is -0.320. The Labute approximate surface area is 163 Å². The van der Waals surface area contributed by atoms with Gasteiger partial charge in [-0.25, -0.2) is 0 Å². The van der Waals surface area contributed by atoms with Crippen LogP contribution >= 0.6 is 11.6 Å². The maximum atomic E-state index is 13.2. The summed E-state index contributed by atoms with van der Waals surface area (Å²) in [6.45, 7) is 2.01. The molecule has 27 heavy (non-hydrogen) atoms. The number of para-hydroxylation sites is 1. The van der Waals surface area contributed by atoms with Crippen molar-refractivity contribution < 1.29 is 9.53 Å². The summed E-state index contributed by atoms with van der Waals surface area (Å²) < 4.78 is 5.23. The highest BCUT2D eigenvalue weighted by Crippen LogP contribution is 2.40. The first kappa shape index (κ1) is 17.4. The zero-order valence-electron chi connectivity index (χ0n) is 15.1. The van der Waals surface area contributed by atoms with Crippen LogP contribution in [0.5, 0.6) is 5.75 Å². The van der Waals surface area contributed by atoms with Crippen LogP contribution in [0.3, 0.4) is 0 Å². The van der Waals surface area contributed by atoms with Crippen LogP contribution in [0.15, 0.2) is 66.7 Å². The van der Waals surface area contributed by atoms with Crippen LogP contribution in [0.4, 0.5) is 11.4 Å². The van der Waals surface area contributed by atoms with Crippen molar-refractivity contribution in [2.75, 3.05) is 17.3 Å². The van der Waals surface area contributed by atoms with Crippen LogP contribution < -0.4 is 15.0 Å². The lowest BCUT2D eigenvalue weighted by atomic mass is 10.1. The van der Waals surface area contributed by atoms with Crippen molar-refractivity contribution in [1.29, 1.82) is 0 Å². The van der Waals surface area contributed by atoms with E-state index in [1.54, 1.807) is 12.0 Å². The lowest BCUT2D eigenvalue weighted by Gasteiger charge is -2.28. The molecule has 0 bridgehead atoms. The summed E-state index contributed by atoms with van der Waals surface area (Å²) in [7, 11) is 1.58. The van der Waals surface area contributed by atoms with Crippen LogP contribution in [0.2, 0.25) is 5.02 Å². The summed E-state index contributed by atoms with van der Waals surface area (Å²) in [5, 5.41) is 3.98. The van der Waals surface area contributed by atoms with Gasteiger partial charge in [0.25, 0.3) is 5.91 Å². The second kappa shape index (κ2) is 6.97. The number of carbonyl (C=O) groups is 1. The fraction of sp³-hybridized carbons (Fsp3) is 0.136. The zero-order chi connectivity index (χ0) is 19.0. The molecule has 0 aliphatic carbocycles. The minimum atomic E-state index is -0.320. The fourth-order valence-electron chi connectivity index (χ4n) is 3.45. The predicted octanol–water partition coefficient (Wildman–Crippen LogP) is 5.43. The van der Waals surface area contributed by atoms with E-state index in [4.69, 9.17) is 16.3 Å². The average Bonchev–Trinajstić information content (AvgIpc) is 2.95. The first-order valence-electron chi connectivity index (χ1n) is 8.68. The van der Waals surface area contributed by atoms with E-state index >= 15 is 0 Å². The second-order valence-electron chi connectivity index (χ2n) is 6.45. The second-order valence-corrected chi connectivity index (χ2v) is 6.85. The number of carbonyl (C=O) groups excluding carboxylic acids is 1. The maximum absolute atomic E-state index is 13.2. The Kier molecular flexibility index (Phi) is 4.50. The molecule has 1 N–H and O–H groups in total. The van der Waals surface area contributed by atoms with E-state index in [0.29, 0.717) is 16.3 Å². The number of rotatable bonds is 4. The molecule has 1 unspecified atom stereocenters. The minimum Gasteiger partial charge on any atom is -0.495 e. The number of benzene rings is 3. The number of anilines is 2. The molecule has 0 saturated heterocycles. The Morgan fingerprint density at radius 2 is 1.78 bits per heavy atom. The Morgan fingerprint density at radius 1 is 1.04 bits per heavy atom. The van der Waals surface area contributed by atoms with Crippen molar-refractivity contribution in [3.05, 3.63) is 88.4 Å². The summed E-state index contributed by atoms with van der Waals surface area (Å²) >= 11 is 6.28. The van der Waals surface area contributed by atoms with Crippen molar-refractivity contribution in [3.63, 3.8) is 0 Å². The van der Waals surface area contributed by atoms with E-state index in [2.05, 4.69) is 5.32 Å². The monoisotopic (exact) mass is 378 g/mol. The molecule has 4 nitrogen and oxygen atoms in total. The SMILES string of the molecule is COc1ccc(NC2c3ccccc3C(=O)N2c2ccccc2C)cc1Cl. The first-order chi connectivity index (χ1) is 13.1. The van der Waals surface area contributed by atoms with E-state index in [1.807, 2.05) is 73.7 Å². The van der Waals surface area contributed by atoms with Crippen LogP contribution in [-0.4, -0.2) is 13.0 Å². The number of halogens is 1. The molecular weight excluding hydrogens is 360 g/mol. The van der Waals surface area contributed by atoms with E-state index in [-0.39, 0.29) is 12.1 Å². The predicted molar refractivity (Wildman–Crippen MR) is 109 cm³/mol. The summed E-state index contributed by atoms with van der Waals surface area (Å²) in [4.78, 5) is 15.0. The van der Waals surface area contributed by atoms with Gasteiger partial charge in [0.15, 0.2) is 0 Å². The smallest absolute Gasteiger partial charge is 0.260 e. The molecular formula is C22H19ClN2O2. The number of hydrogen-bond acceptors (Lipinski definition) is 3. The van der Waals surface area contributed by atoms with Crippen LogP contribution in [0, 0.1) is 6.92 Å². The number of hydrogen-bond donors (Lipinski definition) is 1. The minimum absolute atomic E-state index is 0.0167. The van der Waals surface area contributed by atoms with Gasteiger partial charge in [-0.15, -0.1) is 0 Å². The molecule has 0 aromatic heterocycles. The standard InChI is InChI=1S/C22H19ClN2O2/c1-14-7-3-6-10-19(14)25-21(16-8-4-5-9-17(16)22(25)26)24-15-11-12-20(27-2)18(23)13-15/h3-13,21,24H,1-2H3. The van der Waals surface area contributed by atoms with Gasteiger partial charge in [0.05, 0.1) is 12.1 Å². The number of methoxy groups -OCH3 is 1. The van der Waals surface area contributed by atoms with Crippen molar-refractivity contribution in [3.8, 4) is 5.75 Å². The van der Waals surface area contributed by atoms with Gasteiger partial charge in [-0.05, 0) is 42.8 Å². The van der Waals surface area contributed by atoms with Crippen LogP contribution in [0.1, 0.15) is 27.7 Å². The molecule has 3 aromatic carbocycles. The van der Waals surface area contributed by atoms with Crippen molar-refractivity contribution in [2.45, 2.75) is 13.1 Å². The highest BCUT2D eigenvalue weighted by atomic mass is 35.5. The molecule has 1 amide bonds. The van der Waals surface area contributed by atoms with Gasteiger partial charge in [0, 0.05) is 22.5 Å². The van der Waals surface area contributed by atoms with E-state index in [0.717, 1.165) is 22.5 Å². The summed E-state index contributed by atoms with van der Waals surface area (Å²) in [5.74, 6) is 0.595. The van der Waals surface area contributed by atoms with Crippen molar-refractivity contribution in [2.24, 2.45) is 0 Å². The van der Waals surface area contributed by atoms with Gasteiger partial charge < -0.3 is 10.1 Å². The Balaban J connectivity index is 1.78. The molecule has 0 fully saturated rings. The number of amides is 1. The topological polar surface area (TPSA) is 41.6 Å². The van der Waals surface area contributed by atoms with Crippen LogP contribution in [0.25, 0.3) is 0 Å². The number of aryl methyl sites for hydroxylation is 1. The lowest BCUT2D eigenvalue weighted by molar-refractivity contribution is 0.0993. The molecule has 5 heteroatoms. The molecule has 1 atom stereocenters. The van der Waals surface area contributed by atoms with Gasteiger partial charge >= 0.3 is 0 Å². The molecule has 136 valence electrons. The van der Waals surface area contributed by atoms with Gasteiger partial charge in [0.2, 0.25) is 0 Å². The summed E-state index contributed by atoms with van der Waals surface area (Å²) in [5.41, 5.74) is 4.39. The normalized spacial score (nSPS) is 15.6. The fourth-order valence-corrected chi connectivity index (χ4v) is 3.71. The Bertz CT molecular complexity index is 1020. The van der Waals surface area contributed by atoms with E-state index < -0.39 is 0 Å². The highest BCUT2D eigenvalue weighted by Gasteiger charge is 2.38. The summed E-state index contributed by atoms with van der Waals surface area (Å²) in [6, 6.07) is 21.1. The lowest BCUT2D eigenvalue weighted by Crippen LogP contribution is -2.32. The third kappa shape index (κ3) is 3.02. The molecule has 0 saturated carbocycles. The van der Waals surface area contributed by atoms with Gasteiger partial charge in [-0.3, -0.25) is 9.69 Å². The maximum Gasteiger partial charge on any atom is 0.260 e. The molecule has 0 radical (unpaired) electrons. The zero-order valence-corrected chi connectivity index (χ0v) is 15.8. The van der Waals surface area contributed by atoms with Crippen molar-refractivity contribution >= 4 is 28.9 Å². The number of nitrogens with zero attached hydrogens (tertiary/aromatic N) is 1. The first-order valence-corrected chi connectivity index (χ1v) is 9.06. The van der Waals surface area contributed by atoms with Gasteiger partial charge in [-0.2, -0.15) is 0 Å². The molecule has 1 aliphatic rings.